The Morgan fingerprint density at radius 2 is 1.80 bits per heavy atom. The lowest BCUT2D eigenvalue weighted by molar-refractivity contribution is -0.119. The van der Waals surface area contributed by atoms with Gasteiger partial charge in [0.2, 0.25) is 5.91 Å². The Morgan fingerprint density at radius 1 is 1.11 bits per heavy atom. The second kappa shape index (κ2) is 10.6. The third-order valence-corrected chi connectivity index (χ3v) is 5.59. The quantitative estimate of drug-likeness (QED) is 0.430. The fourth-order valence-electron chi connectivity index (χ4n) is 3.95. The maximum absolute atomic E-state index is 13.5. The van der Waals surface area contributed by atoms with Gasteiger partial charge in [-0.15, -0.1) is 0 Å². The molecule has 0 aliphatic rings. The van der Waals surface area contributed by atoms with Crippen molar-refractivity contribution >= 4 is 28.3 Å². The van der Waals surface area contributed by atoms with Gasteiger partial charge in [0.05, 0.1) is 17.5 Å². The number of anilines is 2. The first-order valence-corrected chi connectivity index (χ1v) is 11.3. The molecule has 2 heterocycles. The lowest BCUT2D eigenvalue weighted by Gasteiger charge is -2.25. The van der Waals surface area contributed by atoms with Crippen LogP contribution in [0.1, 0.15) is 20.8 Å². The van der Waals surface area contributed by atoms with Crippen LogP contribution in [-0.4, -0.2) is 44.9 Å². The number of hydrogen-bond acceptors (Lipinski definition) is 7. The molecule has 188 valence electrons. The average Bonchev–Trinajstić information content (AvgIpc) is 2.81. The number of aromatic amines is 1. The van der Waals surface area contributed by atoms with Crippen LogP contribution < -0.4 is 33.1 Å². The van der Waals surface area contributed by atoms with Crippen molar-refractivity contribution in [2.24, 2.45) is 5.92 Å². The smallest absolute Gasteiger partial charge is 0.331 e. The number of methoxy groups -OCH3 is 1. The number of nitrogens with one attached hydrogen (secondary N) is 1. The molecule has 0 spiro atoms. The van der Waals surface area contributed by atoms with Gasteiger partial charge in [0.15, 0.2) is 5.69 Å². The van der Waals surface area contributed by atoms with Crippen molar-refractivity contribution in [1.82, 2.24) is 18.7 Å². The van der Waals surface area contributed by atoms with Gasteiger partial charge in [0.1, 0.15) is 12.4 Å². The van der Waals surface area contributed by atoms with Gasteiger partial charge in [0.25, 0.3) is 11.1 Å². The van der Waals surface area contributed by atoms with Crippen molar-refractivity contribution in [3.8, 4) is 0 Å². The predicted octanol–water partition coefficient (Wildman–Crippen LogP) is -0.0491. The van der Waals surface area contributed by atoms with E-state index in [2.05, 4.69) is 4.98 Å². The number of nitrogens with zero attached hydrogens (tertiary/aromatic N) is 4. The molecule has 0 saturated carbocycles. The molecule has 3 N–H and O–H groups in total. The van der Waals surface area contributed by atoms with Gasteiger partial charge in [-0.05, 0) is 25.0 Å². The summed E-state index contributed by atoms with van der Waals surface area (Å²) in [5, 5.41) is 0.285. The number of H-pyrrole nitrogens is 1. The molecular formula is C23H30N6O6. The monoisotopic (exact) mass is 486 g/mol. The van der Waals surface area contributed by atoms with Crippen LogP contribution in [-0.2, 0) is 29.2 Å². The SMILES string of the molecule is CCn1c(=O)c2ccccc2n(CC(=O)N(CCOC)c2c(N)n(CC(C)C)c(=O)[nH]c2=O)c1=O. The van der Waals surface area contributed by atoms with Crippen LogP contribution in [0.4, 0.5) is 11.5 Å². The largest absolute Gasteiger partial charge is 0.383 e. The molecule has 0 saturated heterocycles. The standard InChI is InChI=1S/C23H30N6O6/c1-5-26-21(32)15-8-6-7-9-16(15)28(23(26)34)13-17(30)27(10-11-35-4)18-19(24)29(12-14(2)3)22(33)25-20(18)31/h6-9,14H,5,10-13,24H2,1-4H3,(H,25,31,33). The Bertz CT molecular complexity index is 1480. The molecule has 0 unspecified atom stereocenters. The molecule has 12 nitrogen and oxygen atoms in total. The maximum Gasteiger partial charge on any atom is 0.331 e. The number of nitrogen functional groups attached to an aromatic ring is 1. The first-order chi connectivity index (χ1) is 16.6. The second-order valence-corrected chi connectivity index (χ2v) is 8.47. The zero-order valence-electron chi connectivity index (χ0n) is 20.2. The molecule has 35 heavy (non-hydrogen) atoms. The molecule has 1 aromatic carbocycles. The number of carbonyl (C=O) groups is 1. The number of amides is 1. The van der Waals surface area contributed by atoms with E-state index in [4.69, 9.17) is 10.5 Å². The highest BCUT2D eigenvalue weighted by atomic mass is 16.5. The Hall–Kier alpha value is -3.93. The van der Waals surface area contributed by atoms with Crippen LogP contribution in [0.15, 0.2) is 43.4 Å². The van der Waals surface area contributed by atoms with Gasteiger partial charge in [-0.1, -0.05) is 26.0 Å². The van der Waals surface area contributed by atoms with Crippen molar-refractivity contribution in [2.75, 3.05) is 30.9 Å². The van der Waals surface area contributed by atoms with Crippen molar-refractivity contribution < 1.29 is 9.53 Å². The van der Waals surface area contributed by atoms with Crippen LogP contribution in [0.2, 0.25) is 0 Å². The number of carbonyl (C=O) groups excluding carboxylic acids is 1. The summed E-state index contributed by atoms with van der Waals surface area (Å²) < 4.78 is 8.54. The lowest BCUT2D eigenvalue weighted by atomic mass is 10.2. The van der Waals surface area contributed by atoms with E-state index >= 15 is 0 Å². The topological polar surface area (TPSA) is 154 Å². The Kier molecular flexibility index (Phi) is 7.75. The third kappa shape index (κ3) is 4.97. The number of benzene rings is 1. The van der Waals surface area contributed by atoms with Crippen LogP contribution in [0.25, 0.3) is 10.9 Å². The molecule has 12 heteroatoms. The summed E-state index contributed by atoms with van der Waals surface area (Å²) >= 11 is 0. The van der Waals surface area contributed by atoms with Crippen molar-refractivity contribution in [2.45, 2.75) is 40.4 Å². The van der Waals surface area contributed by atoms with Gasteiger partial charge >= 0.3 is 11.4 Å². The van der Waals surface area contributed by atoms with Crippen LogP contribution in [0.3, 0.4) is 0 Å². The van der Waals surface area contributed by atoms with Crippen molar-refractivity contribution in [3.05, 3.63) is 65.9 Å². The van der Waals surface area contributed by atoms with E-state index in [1.165, 1.54) is 16.2 Å². The van der Waals surface area contributed by atoms with E-state index in [0.717, 1.165) is 9.47 Å². The minimum Gasteiger partial charge on any atom is -0.383 e. The average molecular weight is 487 g/mol. The zero-order chi connectivity index (χ0) is 25.9. The Balaban J connectivity index is 2.18. The molecule has 0 aliphatic heterocycles. The molecule has 0 bridgehead atoms. The number of rotatable bonds is 9. The van der Waals surface area contributed by atoms with E-state index in [1.807, 2.05) is 13.8 Å². The lowest BCUT2D eigenvalue weighted by Crippen LogP contribution is -2.46. The number of ether oxygens (including phenoxy) is 1. The number of nitrogens with two attached hydrogens (primary N) is 1. The van der Waals surface area contributed by atoms with Gasteiger partial charge in [-0.3, -0.25) is 33.1 Å². The summed E-state index contributed by atoms with van der Waals surface area (Å²) in [4.78, 5) is 67.8. The Morgan fingerprint density at radius 3 is 2.43 bits per heavy atom. The highest BCUT2D eigenvalue weighted by Crippen LogP contribution is 2.19. The minimum atomic E-state index is -0.826. The second-order valence-electron chi connectivity index (χ2n) is 8.47. The normalized spacial score (nSPS) is 11.3. The molecule has 3 rings (SSSR count). The fourth-order valence-corrected chi connectivity index (χ4v) is 3.95. The summed E-state index contributed by atoms with van der Waals surface area (Å²) in [6.45, 7) is 5.32. The number of aromatic nitrogens is 4. The number of para-hydroxylation sites is 1. The Labute approximate surface area is 200 Å². The molecular weight excluding hydrogens is 456 g/mol. The van der Waals surface area contributed by atoms with Crippen LogP contribution in [0.5, 0.6) is 0 Å². The highest BCUT2D eigenvalue weighted by Gasteiger charge is 2.26. The third-order valence-electron chi connectivity index (χ3n) is 5.59. The fraction of sp³-hybridized carbons (Fsp3) is 0.435. The summed E-state index contributed by atoms with van der Waals surface area (Å²) in [7, 11) is 1.44. The molecule has 2 aromatic heterocycles. The summed E-state index contributed by atoms with van der Waals surface area (Å²) in [6, 6.07) is 6.49. The maximum atomic E-state index is 13.5. The van der Waals surface area contributed by atoms with E-state index in [9.17, 15) is 24.0 Å². The predicted molar refractivity (Wildman–Crippen MR) is 133 cm³/mol. The molecule has 0 atom stereocenters. The minimum absolute atomic E-state index is 0.0388. The summed E-state index contributed by atoms with van der Waals surface area (Å²) in [6.07, 6.45) is 0. The van der Waals surface area contributed by atoms with E-state index in [1.54, 1.807) is 31.2 Å². The van der Waals surface area contributed by atoms with Gasteiger partial charge < -0.3 is 15.4 Å². The summed E-state index contributed by atoms with van der Waals surface area (Å²) in [5.74, 6) is -0.757. The molecule has 0 fully saturated rings. The van der Waals surface area contributed by atoms with E-state index < -0.39 is 34.9 Å². The molecule has 1 amide bonds. The van der Waals surface area contributed by atoms with Crippen molar-refractivity contribution in [3.63, 3.8) is 0 Å². The first kappa shape index (κ1) is 25.7. The molecule has 0 radical (unpaired) electrons. The van der Waals surface area contributed by atoms with Gasteiger partial charge in [-0.25, -0.2) is 9.59 Å². The summed E-state index contributed by atoms with van der Waals surface area (Å²) in [5.41, 5.74) is 3.70. The van der Waals surface area contributed by atoms with Gasteiger partial charge in [-0.2, -0.15) is 0 Å². The van der Waals surface area contributed by atoms with Crippen LogP contribution >= 0.6 is 0 Å². The van der Waals surface area contributed by atoms with Gasteiger partial charge in [0, 0.05) is 26.7 Å². The number of hydrogen-bond donors (Lipinski definition) is 2. The number of fused-ring (bicyclic) bond motifs is 1. The highest BCUT2D eigenvalue weighted by molar-refractivity contribution is 5.96. The molecule has 0 aliphatic carbocycles. The first-order valence-electron chi connectivity index (χ1n) is 11.3. The molecule has 3 aromatic rings. The van der Waals surface area contributed by atoms with E-state index in [-0.39, 0.29) is 49.1 Å². The van der Waals surface area contributed by atoms with Crippen LogP contribution in [0, 0.1) is 5.92 Å². The van der Waals surface area contributed by atoms with Crippen molar-refractivity contribution in [1.29, 1.82) is 0 Å². The zero-order valence-corrected chi connectivity index (χ0v) is 20.2. The van der Waals surface area contributed by atoms with E-state index in [0.29, 0.717) is 5.52 Å².